The summed E-state index contributed by atoms with van der Waals surface area (Å²) in [6.07, 6.45) is 9.66. The van der Waals surface area contributed by atoms with Crippen LogP contribution in [0.4, 0.5) is 0 Å². The van der Waals surface area contributed by atoms with Crippen molar-refractivity contribution >= 4 is 23.5 Å². The maximum absolute atomic E-state index is 13.5. The summed E-state index contributed by atoms with van der Waals surface area (Å²) in [5.74, 6) is 0.255. The number of carbonyl (C=O) groups excluding carboxylic acids is 2. The van der Waals surface area contributed by atoms with E-state index in [1.54, 1.807) is 0 Å². The predicted molar refractivity (Wildman–Crippen MR) is 142 cm³/mol. The van der Waals surface area contributed by atoms with Gasteiger partial charge in [-0.05, 0) is 42.9 Å². The van der Waals surface area contributed by atoms with E-state index < -0.39 is 23.0 Å². The van der Waals surface area contributed by atoms with Gasteiger partial charge < -0.3 is 33.8 Å². The third kappa shape index (κ3) is 5.30. The predicted octanol–water partition coefficient (Wildman–Crippen LogP) is 2.39. The van der Waals surface area contributed by atoms with E-state index in [1.807, 2.05) is 37.5 Å². The molecule has 5 nitrogen and oxygen atoms in total. The summed E-state index contributed by atoms with van der Waals surface area (Å²) >= 11 is 1.48. The zero-order valence-corrected chi connectivity index (χ0v) is 26.0. The van der Waals surface area contributed by atoms with Gasteiger partial charge in [-0.2, -0.15) is 0 Å². The van der Waals surface area contributed by atoms with Crippen LogP contribution in [0.5, 0.6) is 0 Å². The average Bonchev–Trinajstić information content (AvgIpc) is 3.22. The van der Waals surface area contributed by atoms with Gasteiger partial charge in [0.15, 0.2) is 12.4 Å². The Morgan fingerprint density at radius 3 is 2.57 bits per heavy atom. The third-order valence-corrected chi connectivity index (χ3v) is 11.3. The summed E-state index contributed by atoms with van der Waals surface area (Å²) in [7, 11) is 0. The minimum atomic E-state index is -0.643. The molecule has 3 aliphatic rings. The van der Waals surface area contributed by atoms with Gasteiger partial charge in [-0.15, -0.1) is 18.3 Å². The molecule has 0 aliphatic heterocycles. The van der Waals surface area contributed by atoms with E-state index in [2.05, 4.69) is 38.8 Å². The maximum Gasteiger partial charge on any atom is 0.316 e. The monoisotopic (exact) mass is 641 g/mol. The summed E-state index contributed by atoms with van der Waals surface area (Å²) in [6, 6.07) is 4.07. The van der Waals surface area contributed by atoms with Crippen LogP contribution in [0.1, 0.15) is 73.1 Å². The molecule has 0 aromatic carbocycles. The number of esters is 1. The number of Topliss-reactive ketones (excluding diaryl/α,β-unsaturated/α-hetero) is 1. The molecule has 8 atom stereocenters. The van der Waals surface area contributed by atoms with Gasteiger partial charge in [0.1, 0.15) is 18.4 Å². The van der Waals surface area contributed by atoms with Gasteiger partial charge in [-0.25, -0.2) is 4.57 Å². The zero-order valence-electron chi connectivity index (χ0n) is 23.0. The molecule has 37 heavy (non-hydrogen) atoms. The Hall–Kier alpha value is -0.930. The molecular formula is C30H44INO4S. The fourth-order valence-electron chi connectivity index (χ4n) is 7.78. The fraction of sp³-hybridized carbons (Fsp3) is 0.700. The number of aryl methyl sites for hydroxylation is 1. The first-order valence-corrected chi connectivity index (χ1v) is 14.7. The van der Waals surface area contributed by atoms with Crippen molar-refractivity contribution in [1.29, 1.82) is 0 Å². The van der Waals surface area contributed by atoms with E-state index in [0.717, 1.165) is 37.1 Å². The topological polar surface area (TPSA) is 67.5 Å². The number of aliphatic hydroxyl groups excluding tert-OH is 1. The lowest BCUT2D eigenvalue weighted by Crippen LogP contribution is -3.00. The van der Waals surface area contributed by atoms with Crippen LogP contribution in [0.25, 0.3) is 0 Å². The molecule has 1 N–H and O–H groups in total. The first kappa shape index (κ1) is 30.6. The second kappa shape index (κ2) is 11.7. The van der Waals surface area contributed by atoms with Crippen molar-refractivity contribution in [2.75, 3.05) is 5.75 Å². The molecule has 1 heterocycles. The van der Waals surface area contributed by atoms with Crippen LogP contribution < -0.4 is 28.5 Å². The van der Waals surface area contributed by atoms with E-state index in [0.29, 0.717) is 12.8 Å². The van der Waals surface area contributed by atoms with Crippen molar-refractivity contribution in [2.24, 2.45) is 34.0 Å². The van der Waals surface area contributed by atoms with E-state index in [-0.39, 0.29) is 64.7 Å². The molecule has 1 aromatic heterocycles. The molecule has 2 bridgehead atoms. The highest BCUT2D eigenvalue weighted by Gasteiger charge is 2.68. The lowest BCUT2D eigenvalue weighted by molar-refractivity contribution is -0.697. The molecule has 206 valence electrons. The Morgan fingerprint density at radius 2 is 1.95 bits per heavy atom. The van der Waals surface area contributed by atoms with E-state index in [9.17, 15) is 14.7 Å². The highest BCUT2D eigenvalue weighted by molar-refractivity contribution is 8.00. The zero-order chi connectivity index (χ0) is 26.3. The number of thioether (sulfide) groups is 1. The molecule has 1 aromatic rings. The lowest BCUT2D eigenvalue weighted by Gasteiger charge is -2.61. The number of rotatable bonds is 7. The van der Waals surface area contributed by atoms with Crippen molar-refractivity contribution in [3.05, 3.63) is 37.2 Å². The Labute approximate surface area is 244 Å². The first-order chi connectivity index (χ1) is 17.0. The molecule has 0 radical (unpaired) electrons. The molecule has 0 unspecified atom stereocenters. The van der Waals surface area contributed by atoms with E-state index in [4.69, 9.17) is 4.74 Å². The minimum Gasteiger partial charge on any atom is -1.00 e. The van der Waals surface area contributed by atoms with Crippen LogP contribution in [0.2, 0.25) is 0 Å². The molecule has 7 heteroatoms. The van der Waals surface area contributed by atoms with Gasteiger partial charge in [0, 0.05) is 46.6 Å². The summed E-state index contributed by atoms with van der Waals surface area (Å²) in [5, 5.41) is 11.6. The average molecular weight is 642 g/mol. The Kier molecular flexibility index (Phi) is 9.65. The van der Waals surface area contributed by atoms with Crippen LogP contribution in [0.3, 0.4) is 0 Å². The van der Waals surface area contributed by atoms with Gasteiger partial charge in [0.05, 0.1) is 11.9 Å². The van der Waals surface area contributed by atoms with Gasteiger partial charge in [-0.3, -0.25) is 9.59 Å². The summed E-state index contributed by atoms with van der Waals surface area (Å²) < 4.78 is 8.46. The van der Waals surface area contributed by atoms with Crippen molar-refractivity contribution in [3.63, 3.8) is 0 Å². The largest absolute Gasteiger partial charge is 1.00 e. The SMILES string of the molecule is C=C[C@]1(C)C[C@@H](OC(=O)CSc2cc[n+](CCC)cc2)[C@]2(C)[C@H](C)CC[C@]3(CCC(=O)[C@H]32)[C@@H](C)[C@@H]1O.[I-]. The number of hydrogen-bond donors (Lipinski definition) is 1. The highest BCUT2D eigenvalue weighted by atomic mass is 127. The van der Waals surface area contributed by atoms with E-state index >= 15 is 0 Å². The molecule has 4 rings (SSSR count). The quantitative estimate of drug-likeness (QED) is 0.163. The molecular weight excluding hydrogens is 597 g/mol. The van der Waals surface area contributed by atoms with Crippen molar-refractivity contribution in [2.45, 2.75) is 96.8 Å². The number of ketones is 1. The van der Waals surface area contributed by atoms with Gasteiger partial charge in [0.25, 0.3) is 0 Å². The third-order valence-electron chi connectivity index (χ3n) is 10.3. The Balaban J connectivity index is 0.00000380. The van der Waals surface area contributed by atoms with Crippen molar-refractivity contribution < 1.29 is 48.0 Å². The number of pyridine rings is 1. The maximum atomic E-state index is 13.5. The summed E-state index contributed by atoms with van der Waals surface area (Å²) in [4.78, 5) is 27.8. The second-order valence-electron chi connectivity index (χ2n) is 12.1. The lowest BCUT2D eigenvalue weighted by atomic mass is 9.44. The van der Waals surface area contributed by atoms with Gasteiger partial charge in [-0.1, -0.05) is 40.7 Å². The van der Waals surface area contributed by atoms with Crippen LogP contribution >= 0.6 is 11.8 Å². The number of aliphatic hydroxyl groups is 1. The number of halogens is 1. The van der Waals surface area contributed by atoms with Crippen LogP contribution in [0, 0.1) is 34.0 Å². The van der Waals surface area contributed by atoms with Crippen LogP contribution in [-0.4, -0.2) is 34.8 Å². The molecule has 0 amide bonds. The highest BCUT2D eigenvalue weighted by Crippen LogP contribution is 2.68. The normalized spacial score (nSPS) is 39.1. The standard InChI is InChI=1S/C30H44NO4S.HI/c1-7-15-31-16-11-22(12-17-31)36-19-25(33)35-24-18-28(5,8-2)27(34)21(4)30-13-9-20(3)29(24,6)26(30)23(32)10-14-30;/h8,11-12,16-17,20-21,24,26-27,34H,2,7,9-10,13-15,18-19H2,1,3-6H3;1H/q+1;/p-1/t20-,21+,24-,26+,27+,28-,29+,30+;/m1./s1. The minimum absolute atomic E-state index is 0. The summed E-state index contributed by atoms with van der Waals surface area (Å²) in [6.45, 7) is 15.8. The number of nitrogens with zero attached hydrogens (tertiary/aromatic N) is 1. The van der Waals surface area contributed by atoms with Crippen molar-refractivity contribution in [3.8, 4) is 0 Å². The van der Waals surface area contributed by atoms with Gasteiger partial charge in [0.2, 0.25) is 0 Å². The number of ether oxygens (including phenoxy) is 1. The van der Waals surface area contributed by atoms with Gasteiger partial charge >= 0.3 is 5.97 Å². The molecule has 3 aliphatic carbocycles. The van der Waals surface area contributed by atoms with Crippen LogP contribution in [-0.2, 0) is 20.9 Å². The van der Waals surface area contributed by atoms with Crippen LogP contribution in [0.15, 0.2) is 42.1 Å². The number of carbonyl (C=O) groups is 2. The smallest absolute Gasteiger partial charge is 0.316 e. The number of hydrogen-bond acceptors (Lipinski definition) is 5. The number of aromatic nitrogens is 1. The molecule has 3 saturated carbocycles. The molecule has 0 saturated heterocycles. The van der Waals surface area contributed by atoms with E-state index in [1.165, 1.54) is 11.8 Å². The Morgan fingerprint density at radius 1 is 1.27 bits per heavy atom. The molecule has 3 fully saturated rings. The second-order valence-corrected chi connectivity index (χ2v) is 13.2. The fourth-order valence-corrected chi connectivity index (χ4v) is 8.45. The summed E-state index contributed by atoms with van der Waals surface area (Å²) in [5.41, 5.74) is -1.32. The Bertz CT molecular complexity index is 1000. The van der Waals surface area contributed by atoms with Crippen molar-refractivity contribution in [1.82, 2.24) is 0 Å². The molecule has 0 spiro atoms. The first-order valence-electron chi connectivity index (χ1n) is 13.7.